The van der Waals surface area contributed by atoms with Gasteiger partial charge in [-0.15, -0.1) is 0 Å². The van der Waals surface area contributed by atoms with E-state index in [2.05, 4.69) is 16.2 Å². The molecule has 0 radical (unpaired) electrons. The second kappa shape index (κ2) is 4.63. The van der Waals surface area contributed by atoms with Gasteiger partial charge in [0.25, 0.3) is 0 Å². The summed E-state index contributed by atoms with van der Waals surface area (Å²) < 4.78 is 14.3. The van der Waals surface area contributed by atoms with E-state index >= 15 is 0 Å². The Morgan fingerprint density at radius 3 is 2.91 bits per heavy atom. The lowest BCUT2D eigenvalue weighted by Gasteiger charge is -2.07. The molecule has 0 amide bonds. The fourth-order valence-corrected chi connectivity index (χ4v) is 2.47. The first-order valence-electron chi connectivity index (χ1n) is 6.63. The van der Waals surface area contributed by atoms with Crippen molar-refractivity contribution in [2.75, 3.05) is 6.79 Å². The summed E-state index contributed by atoms with van der Waals surface area (Å²) in [6, 6.07) is 9.50. The Kier molecular flexibility index (Phi) is 2.63. The molecule has 4 rings (SSSR count). The summed E-state index contributed by atoms with van der Waals surface area (Å²) in [5.41, 5.74) is 2.21. The molecule has 0 atom stereocenters. The molecule has 2 aromatic heterocycles. The van der Waals surface area contributed by atoms with Crippen molar-refractivity contribution in [2.24, 2.45) is 7.05 Å². The first-order chi connectivity index (χ1) is 10.8. The molecule has 1 aromatic carbocycles. The van der Waals surface area contributed by atoms with Crippen LogP contribution in [0.25, 0.3) is 17.2 Å². The maximum absolute atomic E-state index is 9.03. The van der Waals surface area contributed by atoms with E-state index in [9.17, 15) is 0 Å². The third-order valence-corrected chi connectivity index (χ3v) is 3.51. The predicted octanol–water partition coefficient (Wildman–Crippen LogP) is 1.87. The van der Waals surface area contributed by atoms with Crippen LogP contribution in [0.5, 0.6) is 11.5 Å². The molecule has 0 N–H and O–H groups in total. The minimum absolute atomic E-state index is 0.229. The second-order valence-corrected chi connectivity index (χ2v) is 4.87. The number of nitrogens with zero attached hydrogens (tertiary/aromatic N) is 5. The molecule has 3 heterocycles. The van der Waals surface area contributed by atoms with Crippen molar-refractivity contribution in [3.8, 4) is 34.8 Å². The van der Waals surface area contributed by atoms with Gasteiger partial charge < -0.3 is 14.0 Å². The summed E-state index contributed by atoms with van der Waals surface area (Å²) in [6.45, 7) is 0.229. The molecule has 7 heteroatoms. The summed E-state index contributed by atoms with van der Waals surface area (Å²) in [4.78, 5) is 4.31. The van der Waals surface area contributed by atoms with Crippen molar-refractivity contribution < 1.29 is 9.47 Å². The fraction of sp³-hybridized carbons (Fsp3) is 0.133. The minimum atomic E-state index is 0.229. The monoisotopic (exact) mass is 293 g/mol. The number of hydrogen-bond acceptors (Lipinski definition) is 5. The SMILES string of the molecule is Cn1cc(C#N)cc1-c1ncnn1-c1ccc2c(c1)OCO2. The van der Waals surface area contributed by atoms with Gasteiger partial charge >= 0.3 is 0 Å². The van der Waals surface area contributed by atoms with Crippen LogP contribution in [-0.2, 0) is 7.05 Å². The summed E-state index contributed by atoms with van der Waals surface area (Å²) in [7, 11) is 1.87. The zero-order valence-corrected chi connectivity index (χ0v) is 11.7. The molecule has 0 spiro atoms. The van der Waals surface area contributed by atoms with Crippen LogP contribution in [0, 0.1) is 11.3 Å². The smallest absolute Gasteiger partial charge is 0.231 e. The highest BCUT2D eigenvalue weighted by Crippen LogP contribution is 2.34. The van der Waals surface area contributed by atoms with Gasteiger partial charge in [0.2, 0.25) is 6.79 Å². The first kappa shape index (κ1) is 12.5. The van der Waals surface area contributed by atoms with Crippen molar-refractivity contribution in [2.45, 2.75) is 0 Å². The molecule has 0 bridgehead atoms. The van der Waals surface area contributed by atoms with E-state index in [1.165, 1.54) is 6.33 Å². The van der Waals surface area contributed by atoms with Crippen LogP contribution in [0.15, 0.2) is 36.8 Å². The fourth-order valence-electron chi connectivity index (χ4n) is 2.47. The molecule has 0 saturated heterocycles. The van der Waals surface area contributed by atoms with Gasteiger partial charge in [0.1, 0.15) is 12.4 Å². The van der Waals surface area contributed by atoms with E-state index < -0.39 is 0 Å². The van der Waals surface area contributed by atoms with Crippen LogP contribution in [0.3, 0.4) is 0 Å². The number of ether oxygens (including phenoxy) is 2. The molecule has 3 aromatic rings. The van der Waals surface area contributed by atoms with Crippen molar-refractivity contribution in [3.05, 3.63) is 42.4 Å². The van der Waals surface area contributed by atoms with Crippen LogP contribution in [-0.4, -0.2) is 26.1 Å². The first-order valence-corrected chi connectivity index (χ1v) is 6.63. The Morgan fingerprint density at radius 2 is 2.09 bits per heavy atom. The largest absolute Gasteiger partial charge is 0.454 e. The molecule has 1 aliphatic rings. The van der Waals surface area contributed by atoms with Gasteiger partial charge in [0, 0.05) is 19.3 Å². The number of nitriles is 1. The van der Waals surface area contributed by atoms with E-state index in [4.69, 9.17) is 14.7 Å². The summed E-state index contributed by atoms with van der Waals surface area (Å²) in [6.07, 6.45) is 3.24. The average Bonchev–Trinajstić information content (AvgIpc) is 3.24. The van der Waals surface area contributed by atoms with Crippen molar-refractivity contribution in [3.63, 3.8) is 0 Å². The lowest BCUT2D eigenvalue weighted by Crippen LogP contribution is -2.02. The van der Waals surface area contributed by atoms with E-state index in [1.54, 1.807) is 16.9 Å². The van der Waals surface area contributed by atoms with Gasteiger partial charge in [-0.3, -0.25) is 0 Å². The molecule has 108 valence electrons. The van der Waals surface area contributed by atoms with E-state index in [0.29, 0.717) is 17.1 Å². The zero-order valence-electron chi connectivity index (χ0n) is 11.7. The van der Waals surface area contributed by atoms with Crippen molar-refractivity contribution >= 4 is 0 Å². The third kappa shape index (κ3) is 1.82. The van der Waals surface area contributed by atoms with E-state index in [0.717, 1.165) is 17.1 Å². The van der Waals surface area contributed by atoms with Gasteiger partial charge in [-0.2, -0.15) is 10.4 Å². The van der Waals surface area contributed by atoms with Crippen LogP contribution < -0.4 is 9.47 Å². The van der Waals surface area contributed by atoms with Crippen LogP contribution in [0.4, 0.5) is 0 Å². The molecule has 1 aliphatic heterocycles. The summed E-state index contributed by atoms with van der Waals surface area (Å²) in [5.74, 6) is 2.06. The maximum Gasteiger partial charge on any atom is 0.231 e. The second-order valence-electron chi connectivity index (χ2n) is 4.87. The Morgan fingerprint density at radius 1 is 1.23 bits per heavy atom. The number of benzene rings is 1. The molecule has 0 aliphatic carbocycles. The molecule has 0 fully saturated rings. The maximum atomic E-state index is 9.03. The van der Waals surface area contributed by atoms with Crippen LogP contribution in [0.2, 0.25) is 0 Å². The molecule has 22 heavy (non-hydrogen) atoms. The molecular weight excluding hydrogens is 282 g/mol. The Balaban J connectivity index is 1.83. The minimum Gasteiger partial charge on any atom is -0.454 e. The topological polar surface area (TPSA) is 77.9 Å². The standard InChI is InChI=1S/C15H11N5O2/c1-19-7-10(6-16)4-12(19)15-17-8-18-20(15)11-2-3-13-14(5-11)22-9-21-13/h2-5,7-8H,9H2,1H3. The lowest BCUT2D eigenvalue weighted by molar-refractivity contribution is 0.174. The Labute approximate surface area is 126 Å². The number of hydrogen-bond donors (Lipinski definition) is 0. The molecule has 7 nitrogen and oxygen atoms in total. The highest BCUT2D eigenvalue weighted by atomic mass is 16.7. The number of aromatic nitrogens is 4. The number of rotatable bonds is 2. The summed E-state index contributed by atoms with van der Waals surface area (Å²) >= 11 is 0. The molecule has 0 saturated carbocycles. The van der Waals surface area contributed by atoms with E-state index in [-0.39, 0.29) is 6.79 Å². The number of fused-ring (bicyclic) bond motifs is 1. The van der Waals surface area contributed by atoms with Gasteiger partial charge in [-0.25, -0.2) is 9.67 Å². The molecule has 0 unspecified atom stereocenters. The number of aryl methyl sites for hydroxylation is 1. The lowest BCUT2D eigenvalue weighted by atomic mass is 10.2. The highest BCUT2D eigenvalue weighted by Gasteiger charge is 2.18. The normalized spacial score (nSPS) is 12.4. The van der Waals surface area contributed by atoms with Gasteiger partial charge in [-0.1, -0.05) is 0 Å². The quantitative estimate of drug-likeness (QED) is 0.721. The summed E-state index contributed by atoms with van der Waals surface area (Å²) in [5, 5.41) is 13.3. The van der Waals surface area contributed by atoms with Crippen molar-refractivity contribution in [1.82, 2.24) is 19.3 Å². The van der Waals surface area contributed by atoms with Crippen LogP contribution in [0.1, 0.15) is 5.56 Å². The van der Waals surface area contributed by atoms with E-state index in [1.807, 2.05) is 29.8 Å². The average molecular weight is 293 g/mol. The highest BCUT2D eigenvalue weighted by molar-refractivity contribution is 5.59. The van der Waals surface area contributed by atoms with Crippen LogP contribution >= 0.6 is 0 Å². The zero-order chi connectivity index (χ0) is 15.1. The van der Waals surface area contributed by atoms with Gasteiger partial charge in [-0.05, 0) is 18.2 Å². The van der Waals surface area contributed by atoms with Crippen molar-refractivity contribution in [1.29, 1.82) is 5.26 Å². The Bertz CT molecular complexity index is 903. The van der Waals surface area contributed by atoms with Gasteiger partial charge in [0.15, 0.2) is 17.3 Å². The van der Waals surface area contributed by atoms with Gasteiger partial charge in [0.05, 0.1) is 16.9 Å². The Hall–Kier alpha value is -3.27. The third-order valence-electron chi connectivity index (χ3n) is 3.51. The molecular formula is C15H11N5O2. The predicted molar refractivity (Wildman–Crippen MR) is 76.6 cm³/mol.